The summed E-state index contributed by atoms with van der Waals surface area (Å²) in [5.74, 6) is 1.27. The number of nitrogens with zero attached hydrogens (tertiary/aromatic N) is 7. The van der Waals surface area contributed by atoms with Gasteiger partial charge in [-0.3, -0.25) is 4.90 Å². The number of hydrogen-bond acceptors (Lipinski definition) is 7. The van der Waals surface area contributed by atoms with Gasteiger partial charge in [-0.15, -0.1) is 5.10 Å². The summed E-state index contributed by atoms with van der Waals surface area (Å²) in [5, 5.41) is 8.06. The summed E-state index contributed by atoms with van der Waals surface area (Å²) in [6.45, 7) is 2.53. The highest BCUT2D eigenvalue weighted by atomic mass is 15.5. The number of nitrogen functional groups attached to an aromatic ring is 1. The lowest BCUT2D eigenvalue weighted by atomic mass is 10.1. The third-order valence-corrected chi connectivity index (χ3v) is 3.87. The summed E-state index contributed by atoms with van der Waals surface area (Å²) in [6, 6.07) is 2.37. The Bertz CT molecular complexity index is 582. The van der Waals surface area contributed by atoms with E-state index in [9.17, 15) is 0 Å². The van der Waals surface area contributed by atoms with E-state index in [4.69, 9.17) is 5.73 Å². The van der Waals surface area contributed by atoms with Crippen molar-refractivity contribution in [1.82, 2.24) is 34.8 Å². The van der Waals surface area contributed by atoms with Gasteiger partial charge in [-0.25, -0.2) is 14.6 Å². The molecule has 1 fully saturated rings. The summed E-state index contributed by atoms with van der Waals surface area (Å²) in [6.07, 6.45) is 5.34. The maximum absolute atomic E-state index is 5.71. The topological polar surface area (TPSA) is 89.0 Å². The summed E-state index contributed by atoms with van der Waals surface area (Å²) in [4.78, 5) is 13.1. The highest BCUT2D eigenvalue weighted by Gasteiger charge is 2.36. The van der Waals surface area contributed by atoms with Crippen LogP contribution in [0.1, 0.15) is 11.9 Å². The number of likely N-dealkylation sites (N-methyl/N-ethyl adjacent to an activating group) is 1. The first kappa shape index (κ1) is 13.9. The fourth-order valence-electron chi connectivity index (χ4n) is 2.83. The van der Waals surface area contributed by atoms with Crippen molar-refractivity contribution in [2.75, 3.05) is 32.9 Å². The van der Waals surface area contributed by atoms with Crippen molar-refractivity contribution < 1.29 is 0 Å². The number of hydrogen-bond donors (Lipinski definition) is 1. The lowest BCUT2D eigenvalue weighted by Gasteiger charge is -2.24. The van der Waals surface area contributed by atoms with Gasteiger partial charge >= 0.3 is 0 Å². The molecule has 0 spiro atoms. The Morgan fingerprint density at radius 3 is 2.86 bits per heavy atom. The Labute approximate surface area is 123 Å². The zero-order valence-corrected chi connectivity index (χ0v) is 12.3. The normalized spacial score (nSPS) is 23.0. The Hall–Kier alpha value is -2.06. The fourth-order valence-corrected chi connectivity index (χ4v) is 2.83. The largest absolute Gasteiger partial charge is 0.384 e. The minimum Gasteiger partial charge on any atom is -0.384 e. The Kier molecular flexibility index (Phi) is 3.80. The van der Waals surface area contributed by atoms with Gasteiger partial charge in [-0.1, -0.05) is 5.21 Å². The molecule has 1 saturated heterocycles. The first-order chi connectivity index (χ1) is 10.1. The molecule has 2 aromatic heterocycles. The first-order valence-electron chi connectivity index (χ1n) is 6.95. The van der Waals surface area contributed by atoms with E-state index < -0.39 is 0 Å². The third-order valence-electron chi connectivity index (χ3n) is 3.87. The molecule has 0 unspecified atom stereocenters. The van der Waals surface area contributed by atoms with E-state index in [1.54, 1.807) is 18.5 Å². The van der Waals surface area contributed by atoms with E-state index in [1.807, 2.05) is 10.9 Å². The lowest BCUT2D eigenvalue weighted by Crippen LogP contribution is -2.36. The molecule has 0 amide bonds. The van der Waals surface area contributed by atoms with Gasteiger partial charge in [0.05, 0.1) is 18.8 Å². The SMILES string of the molecule is CN(C)[C@@H]1CN(Cc2nccc(N)n2)C[C@@H]1n1ccnn1. The molecule has 0 saturated carbocycles. The van der Waals surface area contributed by atoms with Crippen molar-refractivity contribution in [2.45, 2.75) is 18.6 Å². The smallest absolute Gasteiger partial charge is 0.144 e. The van der Waals surface area contributed by atoms with E-state index in [1.165, 1.54) is 0 Å². The van der Waals surface area contributed by atoms with Crippen LogP contribution in [-0.4, -0.2) is 68.0 Å². The van der Waals surface area contributed by atoms with Crippen LogP contribution in [0, 0.1) is 0 Å². The maximum Gasteiger partial charge on any atom is 0.144 e. The van der Waals surface area contributed by atoms with Crippen LogP contribution in [-0.2, 0) is 6.54 Å². The van der Waals surface area contributed by atoms with Gasteiger partial charge in [0.1, 0.15) is 11.6 Å². The van der Waals surface area contributed by atoms with Crippen molar-refractivity contribution in [2.24, 2.45) is 0 Å². The number of aromatic nitrogens is 5. The Balaban J connectivity index is 1.74. The van der Waals surface area contributed by atoms with Crippen LogP contribution in [0.25, 0.3) is 0 Å². The molecule has 21 heavy (non-hydrogen) atoms. The molecule has 8 nitrogen and oxygen atoms in total. The summed E-state index contributed by atoms with van der Waals surface area (Å²) >= 11 is 0. The van der Waals surface area contributed by atoms with Gasteiger partial charge in [-0.2, -0.15) is 0 Å². The van der Waals surface area contributed by atoms with Crippen LogP contribution in [0.3, 0.4) is 0 Å². The zero-order valence-electron chi connectivity index (χ0n) is 12.3. The van der Waals surface area contributed by atoms with E-state index in [-0.39, 0.29) is 6.04 Å². The first-order valence-corrected chi connectivity index (χ1v) is 6.95. The van der Waals surface area contributed by atoms with Gasteiger partial charge in [-0.05, 0) is 20.2 Å². The highest BCUT2D eigenvalue weighted by Crippen LogP contribution is 2.25. The molecule has 0 bridgehead atoms. The second kappa shape index (κ2) is 5.74. The Morgan fingerprint density at radius 2 is 2.19 bits per heavy atom. The Morgan fingerprint density at radius 1 is 1.33 bits per heavy atom. The minimum atomic E-state index is 0.281. The monoisotopic (exact) mass is 288 g/mol. The van der Waals surface area contributed by atoms with Crippen LogP contribution in [0.5, 0.6) is 0 Å². The molecule has 112 valence electrons. The predicted octanol–water partition coefficient (Wildman–Crippen LogP) is -0.363. The molecule has 3 heterocycles. The van der Waals surface area contributed by atoms with Gasteiger partial charge in [0.25, 0.3) is 0 Å². The van der Waals surface area contributed by atoms with E-state index in [2.05, 4.69) is 44.2 Å². The van der Waals surface area contributed by atoms with Gasteiger partial charge in [0.15, 0.2) is 0 Å². The molecular formula is C13H20N8. The maximum atomic E-state index is 5.71. The van der Waals surface area contributed by atoms with Crippen LogP contribution in [0.4, 0.5) is 5.82 Å². The number of likely N-dealkylation sites (tertiary alicyclic amines) is 1. The van der Waals surface area contributed by atoms with Crippen molar-refractivity contribution >= 4 is 5.82 Å². The second-order valence-electron chi connectivity index (χ2n) is 5.57. The average Bonchev–Trinajstić information content (AvgIpc) is 3.06. The summed E-state index contributed by atoms with van der Waals surface area (Å²) in [7, 11) is 4.18. The third kappa shape index (κ3) is 3.01. The molecule has 2 aromatic rings. The molecule has 8 heteroatoms. The van der Waals surface area contributed by atoms with Crippen LogP contribution in [0.15, 0.2) is 24.7 Å². The van der Waals surface area contributed by atoms with E-state index >= 15 is 0 Å². The molecule has 0 radical (unpaired) electrons. The van der Waals surface area contributed by atoms with Crippen molar-refractivity contribution in [3.05, 3.63) is 30.5 Å². The molecule has 2 atom stereocenters. The number of anilines is 1. The standard InChI is InChI=1S/C13H20N8/c1-19(2)10-7-20(8-11(10)21-6-5-16-18-21)9-13-15-4-3-12(14)17-13/h3-6,10-11H,7-9H2,1-2H3,(H2,14,15,17)/t10-,11+/m1/s1. The summed E-state index contributed by atoms with van der Waals surface area (Å²) < 4.78 is 1.94. The lowest BCUT2D eigenvalue weighted by molar-refractivity contribution is 0.236. The van der Waals surface area contributed by atoms with Crippen molar-refractivity contribution in [3.8, 4) is 0 Å². The molecule has 1 aliphatic heterocycles. The molecule has 0 aliphatic carbocycles. The second-order valence-corrected chi connectivity index (χ2v) is 5.57. The average molecular weight is 288 g/mol. The molecule has 2 N–H and O–H groups in total. The highest BCUT2D eigenvalue weighted by molar-refractivity contribution is 5.25. The molecule has 0 aromatic carbocycles. The van der Waals surface area contributed by atoms with Crippen molar-refractivity contribution in [3.63, 3.8) is 0 Å². The summed E-state index contributed by atoms with van der Waals surface area (Å²) in [5.41, 5.74) is 5.71. The zero-order chi connectivity index (χ0) is 14.8. The van der Waals surface area contributed by atoms with Crippen LogP contribution >= 0.6 is 0 Å². The number of rotatable bonds is 4. The molecule has 3 rings (SSSR count). The molecule has 1 aliphatic rings. The van der Waals surface area contributed by atoms with Gasteiger partial charge in [0, 0.05) is 31.5 Å². The minimum absolute atomic E-state index is 0.281. The quantitative estimate of drug-likeness (QED) is 0.821. The van der Waals surface area contributed by atoms with Crippen molar-refractivity contribution in [1.29, 1.82) is 0 Å². The van der Waals surface area contributed by atoms with Crippen LogP contribution < -0.4 is 5.73 Å². The van der Waals surface area contributed by atoms with Crippen LogP contribution in [0.2, 0.25) is 0 Å². The number of nitrogens with two attached hydrogens (primary N) is 1. The van der Waals surface area contributed by atoms with Gasteiger partial charge in [0.2, 0.25) is 0 Å². The molecular weight excluding hydrogens is 268 g/mol. The van der Waals surface area contributed by atoms with E-state index in [0.717, 1.165) is 18.9 Å². The van der Waals surface area contributed by atoms with E-state index in [0.29, 0.717) is 18.4 Å². The predicted molar refractivity (Wildman–Crippen MR) is 78.3 cm³/mol. The fraction of sp³-hybridized carbons (Fsp3) is 0.538. The van der Waals surface area contributed by atoms with Gasteiger partial charge < -0.3 is 10.6 Å².